The molecule has 7 nitrogen and oxygen atoms in total. The Bertz CT molecular complexity index is 465. The molecule has 98 valence electrons. The van der Waals surface area contributed by atoms with Gasteiger partial charge in [-0.1, -0.05) is 5.21 Å². The molecule has 1 aromatic rings. The third-order valence-electron chi connectivity index (χ3n) is 2.44. The van der Waals surface area contributed by atoms with Crippen molar-refractivity contribution >= 4 is 26.0 Å². The van der Waals surface area contributed by atoms with Crippen molar-refractivity contribution in [1.29, 1.82) is 0 Å². The predicted molar refractivity (Wildman–Crippen MR) is 67.0 cm³/mol. The Hall–Kier alpha value is -0.510. The standard InChI is InChI=1S/C8H16BrN5O2S/c1-6(13(2)3)5-10-17(15,16)8-7(9)11-12-14(8)4/h6,10H,5H2,1-4H3. The van der Waals surface area contributed by atoms with Crippen molar-refractivity contribution in [3.05, 3.63) is 4.60 Å². The molecule has 1 N–H and O–H groups in total. The van der Waals surface area contributed by atoms with Crippen LogP contribution in [0.1, 0.15) is 6.92 Å². The van der Waals surface area contributed by atoms with Crippen LogP contribution in [0.5, 0.6) is 0 Å². The topological polar surface area (TPSA) is 80.1 Å². The van der Waals surface area contributed by atoms with Crippen LogP contribution in [0.15, 0.2) is 9.63 Å². The first-order valence-corrected chi connectivity index (χ1v) is 7.24. The third-order valence-corrected chi connectivity index (χ3v) is 4.75. The zero-order valence-corrected chi connectivity index (χ0v) is 12.6. The molecule has 1 aromatic heterocycles. The number of sulfonamides is 1. The maximum Gasteiger partial charge on any atom is 0.260 e. The van der Waals surface area contributed by atoms with Crippen LogP contribution in [-0.4, -0.2) is 55.0 Å². The normalized spacial score (nSPS) is 14.2. The van der Waals surface area contributed by atoms with Crippen molar-refractivity contribution in [3.63, 3.8) is 0 Å². The first-order valence-electron chi connectivity index (χ1n) is 4.97. The molecule has 0 bridgehead atoms. The summed E-state index contributed by atoms with van der Waals surface area (Å²) in [5, 5.41) is 7.31. The van der Waals surface area contributed by atoms with E-state index in [4.69, 9.17) is 0 Å². The van der Waals surface area contributed by atoms with Gasteiger partial charge in [-0.25, -0.2) is 17.8 Å². The van der Waals surface area contributed by atoms with Crippen LogP contribution in [0.2, 0.25) is 0 Å². The van der Waals surface area contributed by atoms with Gasteiger partial charge in [0.1, 0.15) is 0 Å². The zero-order valence-electron chi connectivity index (χ0n) is 10.2. The molecule has 0 aliphatic heterocycles. The number of aromatic nitrogens is 3. The third kappa shape index (κ3) is 3.47. The van der Waals surface area contributed by atoms with Gasteiger partial charge in [0.2, 0.25) is 5.03 Å². The Kier molecular flexibility index (Phi) is 4.64. The Morgan fingerprint density at radius 1 is 1.53 bits per heavy atom. The van der Waals surface area contributed by atoms with Crippen molar-refractivity contribution < 1.29 is 8.42 Å². The second kappa shape index (κ2) is 5.42. The van der Waals surface area contributed by atoms with Crippen molar-refractivity contribution in [2.75, 3.05) is 20.6 Å². The minimum Gasteiger partial charge on any atom is -0.305 e. The fourth-order valence-electron chi connectivity index (χ4n) is 1.09. The van der Waals surface area contributed by atoms with Crippen molar-refractivity contribution in [2.45, 2.75) is 18.0 Å². The van der Waals surface area contributed by atoms with E-state index in [0.717, 1.165) is 0 Å². The number of likely N-dealkylation sites (N-methyl/N-ethyl adjacent to an activating group) is 1. The molecule has 1 heterocycles. The summed E-state index contributed by atoms with van der Waals surface area (Å²) in [6, 6.07) is 0.102. The largest absolute Gasteiger partial charge is 0.305 e. The molecule has 0 saturated carbocycles. The van der Waals surface area contributed by atoms with Gasteiger partial charge in [0.25, 0.3) is 10.0 Å². The van der Waals surface area contributed by atoms with Gasteiger partial charge in [-0.05, 0) is 36.9 Å². The fourth-order valence-corrected chi connectivity index (χ4v) is 3.30. The molecule has 17 heavy (non-hydrogen) atoms. The second-order valence-corrected chi connectivity index (χ2v) is 6.41. The lowest BCUT2D eigenvalue weighted by molar-refractivity contribution is 0.313. The van der Waals surface area contributed by atoms with E-state index >= 15 is 0 Å². The minimum absolute atomic E-state index is 0.0310. The number of hydrogen-bond donors (Lipinski definition) is 1. The molecule has 0 aliphatic carbocycles. The SMILES string of the molecule is CC(CNS(=O)(=O)c1c(Br)nnn1C)N(C)C. The molecule has 9 heteroatoms. The van der Waals surface area contributed by atoms with Crippen LogP contribution < -0.4 is 4.72 Å². The molecule has 0 aliphatic rings. The Labute approximate surface area is 109 Å². The summed E-state index contributed by atoms with van der Waals surface area (Å²) < 4.78 is 28.0. The summed E-state index contributed by atoms with van der Waals surface area (Å²) in [6.45, 7) is 2.26. The molecule has 0 fully saturated rings. The summed E-state index contributed by atoms with van der Waals surface area (Å²) >= 11 is 3.06. The van der Waals surface area contributed by atoms with E-state index in [1.807, 2.05) is 25.9 Å². The van der Waals surface area contributed by atoms with Gasteiger partial charge in [0.15, 0.2) is 4.60 Å². The Balaban J connectivity index is 2.84. The molecule has 0 radical (unpaired) electrons. The molecule has 1 atom stereocenters. The second-order valence-electron chi connectivity index (χ2n) is 3.97. The van der Waals surface area contributed by atoms with Crippen LogP contribution >= 0.6 is 15.9 Å². The van der Waals surface area contributed by atoms with E-state index < -0.39 is 10.0 Å². The number of nitrogens with one attached hydrogen (secondary N) is 1. The van der Waals surface area contributed by atoms with Gasteiger partial charge in [-0.2, -0.15) is 0 Å². The summed E-state index contributed by atoms with van der Waals surface area (Å²) in [6.07, 6.45) is 0. The first kappa shape index (κ1) is 14.6. The van der Waals surface area contributed by atoms with Gasteiger partial charge in [0, 0.05) is 19.6 Å². The van der Waals surface area contributed by atoms with E-state index in [9.17, 15) is 8.42 Å². The molecular weight excluding hydrogens is 310 g/mol. The summed E-state index contributed by atoms with van der Waals surface area (Å²) in [4.78, 5) is 1.93. The lowest BCUT2D eigenvalue weighted by Gasteiger charge is -2.19. The fraction of sp³-hybridized carbons (Fsp3) is 0.750. The van der Waals surface area contributed by atoms with Crippen LogP contribution in [0.3, 0.4) is 0 Å². The summed E-state index contributed by atoms with van der Waals surface area (Å²) in [5.74, 6) is 0. The van der Waals surface area contributed by atoms with Crippen LogP contribution in [0.25, 0.3) is 0 Å². The Morgan fingerprint density at radius 3 is 2.53 bits per heavy atom. The predicted octanol–water partition coefficient (Wildman–Crippen LogP) is -0.194. The monoisotopic (exact) mass is 325 g/mol. The Morgan fingerprint density at radius 2 is 2.12 bits per heavy atom. The maximum absolute atomic E-state index is 12.0. The highest BCUT2D eigenvalue weighted by Gasteiger charge is 2.24. The quantitative estimate of drug-likeness (QED) is 0.811. The van der Waals surface area contributed by atoms with Crippen molar-refractivity contribution in [1.82, 2.24) is 24.6 Å². The van der Waals surface area contributed by atoms with E-state index in [1.165, 1.54) is 11.7 Å². The van der Waals surface area contributed by atoms with Gasteiger partial charge in [0.05, 0.1) is 0 Å². The van der Waals surface area contributed by atoms with E-state index in [1.54, 1.807) is 0 Å². The van der Waals surface area contributed by atoms with Crippen molar-refractivity contribution in [2.24, 2.45) is 7.05 Å². The molecule has 0 aromatic carbocycles. The van der Waals surface area contributed by atoms with E-state index in [2.05, 4.69) is 31.0 Å². The lowest BCUT2D eigenvalue weighted by atomic mass is 10.3. The van der Waals surface area contributed by atoms with Gasteiger partial charge >= 0.3 is 0 Å². The molecular formula is C8H16BrN5O2S. The first-order chi connectivity index (χ1) is 7.75. The number of nitrogens with zero attached hydrogens (tertiary/aromatic N) is 4. The van der Waals surface area contributed by atoms with Crippen molar-refractivity contribution in [3.8, 4) is 0 Å². The van der Waals surface area contributed by atoms with Gasteiger partial charge in [-0.15, -0.1) is 5.10 Å². The molecule has 0 spiro atoms. The highest BCUT2D eigenvalue weighted by atomic mass is 79.9. The average molecular weight is 326 g/mol. The lowest BCUT2D eigenvalue weighted by Crippen LogP contribution is -2.38. The number of hydrogen-bond acceptors (Lipinski definition) is 5. The number of rotatable bonds is 5. The minimum atomic E-state index is -3.59. The summed E-state index contributed by atoms with van der Waals surface area (Å²) in [7, 11) is 1.72. The van der Waals surface area contributed by atoms with Crippen LogP contribution in [0, 0.1) is 0 Å². The number of halogens is 1. The smallest absolute Gasteiger partial charge is 0.260 e. The molecule has 0 amide bonds. The molecule has 1 unspecified atom stereocenters. The van der Waals surface area contributed by atoms with Crippen LogP contribution in [-0.2, 0) is 17.1 Å². The van der Waals surface area contributed by atoms with Gasteiger partial charge < -0.3 is 4.90 Å². The average Bonchev–Trinajstić information content (AvgIpc) is 2.55. The molecule has 0 saturated heterocycles. The van der Waals surface area contributed by atoms with E-state index in [-0.39, 0.29) is 15.7 Å². The highest BCUT2D eigenvalue weighted by Crippen LogP contribution is 2.17. The highest BCUT2D eigenvalue weighted by molar-refractivity contribution is 9.10. The van der Waals surface area contributed by atoms with Gasteiger partial charge in [-0.3, -0.25) is 0 Å². The summed E-state index contributed by atoms with van der Waals surface area (Å²) in [5.41, 5.74) is 0. The molecule has 1 rings (SSSR count). The zero-order chi connectivity index (χ0) is 13.2. The maximum atomic E-state index is 12.0. The van der Waals surface area contributed by atoms with Crippen LogP contribution in [0.4, 0.5) is 0 Å². The number of aryl methyl sites for hydroxylation is 1. The van der Waals surface area contributed by atoms with E-state index in [0.29, 0.717) is 6.54 Å².